The molecule has 0 saturated carbocycles. The van der Waals surface area contributed by atoms with Crippen LogP contribution in [0, 0.1) is 6.92 Å². The van der Waals surface area contributed by atoms with Crippen molar-refractivity contribution in [1.82, 2.24) is 14.4 Å². The molecule has 1 unspecified atom stereocenters. The third kappa shape index (κ3) is 6.37. The zero-order valence-corrected chi connectivity index (χ0v) is 22.7. The third-order valence-electron chi connectivity index (χ3n) is 7.10. The van der Waals surface area contributed by atoms with Gasteiger partial charge in [-0.25, -0.2) is 0 Å². The van der Waals surface area contributed by atoms with Gasteiger partial charge in [0, 0.05) is 43.7 Å². The fourth-order valence-electron chi connectivity index (χ4n) is 4.52. The summed E-state index contributed by atoms with van der Waals surface area (Å²) in [6.45, 7) is 8.14. The number of carbonyl (C=O) groups excluding carboxylic acids is 2. The second-order valence-electron chi connectivity index (χ2n) is 9.62. The summed E-state index contributed by atoms with van der Waals surface area (Å²) in [5.41, 5.74) is 3.97. The molecule has 0 saturated heterocycles. The maximum atomic E-state index is 13.7. The number of rotatable bonds is 12. The molecule has 2 heterocycles. The summed E-state index contributed by atoms with van der Waals surface area (Å²) in [6, 6.07) is 17.5. The van der Waals surface area contributed by atoms with Gasteiger partial charge in [-0.1, -0.05) is 31.2 Å². The lowest BCUT2D eigenvalue weighted by Crippen LogP contribution is -2.46. The van der Waals surface area contributed by atoms with Crippen molar-refractivity contribution >= 4 is 11.8 Å². The van der Waals surface area contributed by atoms with Crippen LogP contribution in [0.2, 0.25) is 0 Å². The standard InChI is InChI=1S/C30H37N3O5/c1-5-23(3)33(19-26-11-8-14-31(26)18-25-10-7-6-9-22(25)2)29(34)20-32(15-16-36-4)30(35)24-12-13-27-28(17-24)38-21-37-27/h6-14,17,23H,5,15-16,18-21H2,1-4H3. The van der Waals surface area contributed by atoms with Gasteiger partial charge < -0.3 is 28.6 Å². The third-order valence-corrected chi connectivity index (χ3v) is 7.10. The Morgan fingerprint density at radius 3 is 2.63 bits per heavy atom. The van der Waals surface area contributed by atoms with Gasteiger partial charge in [-0.05, 0) is 61.7 Å². The van der Waals surface area contributed by atoms with Crippen LogP contribution in [0.5, 0.6) is 11.5 Å². The molecule has 0 bridgehead atoms. The van der Waals surface area contributed by atoms with Crippen LogP contribution in [0.15, 0.2) is 60.8 Å². The predicted molar refractivity (Wildman–Crippen MR) is 145 cm³/mol. The number of methoxy groups -OCH3 is 1. The number of amides is 2. The molecular weight excluding hydrogens is 482 g/mol. The zero-order valence-electron chi connectivity index (χ0n) is 22.7. The molecule has 1 atom stereocenters. The summed E-state index contributed by atoms with van der Waals surface area (Å²) >= 11 is 0. The number of nitrogens with zero attached hydrogens (tertiary/aromatic N) is 3. The van der Waals surface area contributed by atoms with Gasteiger partial charge in [-0.2, -0.15) is 0 Å². The van der Waals surface area contributed by atoms with Gasteiger partial charge in [0.15, 0.2) is 11.5 Å². The van der Waals surface area contributed by atoms with E-state index in [0.717, 1.165) is 18.7 Å². The SMILES string of the molecule is CCC(C)N(Cc1cccn1Cc1ccccc1C)C(=O)CN(CCOC)C(=O)c1ccc2c(c1)OCO2. The van der Waals surface area contributed by atoms with Crippen molar-refractivity contribution in [1.29, 1.82) is 0 Å². The quantitative estimate of drug-likeness (QED) is 0.353. The van der Waals surface area contributed by atoms with Crippen LogP contribution < -0.4 is 9.47 Å². The predicted octanol–water partition coefficient (Wildman–Crippen LogP) is 4.49. The van der Waals surface area contributed by atoms with Gasteiger partial charge in [-0.3, -0.25) is 9.59 Å². The number of hydrogen-bond donors (Lipinski definition) is 0. The molecule has 2 amide bonds. The number of hydrogen-bond acceptors (Lipinski definition) is 5. The zero-order chi connectivity index (χ0) is 27.1. The summed E-state index contributed by atoms with van der Waals surface area (Å²) in [5, 5.41) is 0. The summed E-state index contributed by atoms with van der Waals surface area (Å²) in [7, 11) is 1.58. The molecule has 2 aromatic carbocycles. The average Bonchev–Trinajstić information content (AvgIpc) is 3.58. The van der Waals surface area contributed by atoms with Crippen molar-refractivity contribution < 1.29 is 23.8 Å². The van der Waals surface area contributed by atoms with Crippen LogP contribution in [0.1, 0.15) is 47.4 Å². The topological polar surface area (TPSA) is 73.2 Å². The molecule has 1 aromatic heterocycles. The fourth-order valence-corrected chi connectivity index (χ4v) is 4.52. The Labute approximate surface area is 224 Å². The minimum absolute atomic E-state index is 0.00855. The van der Waals surface area contributed by atoms with E-state index < -0.39 is 0 Å². The Balaban J connectivity index is 1.52. The summed E-state index contributed by atoms with van der Waals surface area (Å²) < 4.78 is 18.2. The monoisotopic (exact) mass is 519 g/mol. The molecule has 0 radical (unpaired) electrons. The van der Waals surface area contributed by atoms with Gasteiger partial charge >= 0.3 is 0 Å². The summed E-state index contributed by atoms with van der Waals surface area (Å²) in [6.07, 6.45) is 2.85. The first-order valence-corrected chi connectivity index (χ1v) is 13.1. The lowest BCUT2D eigenvalue weighted by molar-refractivity contribution is -0.135. The van der Waals surface area contributed by atoms with Crippen molar-refractivity contribution in [2.75, 3.05) is 33.6 Å². The molecule has 0 spiro atoms. The number of carbonyl (C=O) groups is 2. The Hall–Kier alpha value is -3.78. The fraction of sp³-hybridized carbons (Fsp3) is 0.400. The molecule has 1 aliphatic rings. The highest BCUT2D eigenvalue weighted by Crippen LogP contribution is 2.32. The maximum absolute atomic E-state index is 13.7. The Morgan fingerprint density at radius 1 is 1.08 bits per heavy atom. The summed E-state index contributed by atoms with van der Waals surface area (Å²) in [4.78, 5) is 30.6. The van der Waals surface area contributed by atoms with Crippen LogP contribution in [0.25, 0.3) is 0 Å². The van der Waals surface area contributed by atoms with E-state index in [1.807, 2.05) is 30.0 Å². The second kappa shape index (κ2) is 12.6. The molecule has 8 heteroatoms. The average molecular weight is 520 g/mol. The molecule has 4 rings (SSSR count). The minimum atomic E-state index is -0.249. The van der Waals surface area contributed by atoms with E-state index in [2.05, 4.69) is 42.8 Å². The minimum Gasteiger partial charge on any atom is -0.454 e. The highest BCUT2D eigenvalue weighted by atomic mass is 16.7. The Morgan fingerprint density at radius 2 is 1.87 bits per heavy atom. The number of aromatic nitrogens is 1. The van der Waals surface area contributed by atoms with E-state index in [1.165, 1.54) is 11.1 Å². The molecule has 0 aliphatic carbocycles. The van der Waals surface area contributed by atoms with E-state index >= 15 is 0 Å². The van der Waals surface area contributed by atoms with Crippen LogP contribution in [-0.2, 0) is 22.6 Å². The van der Waals surface area contributed by atoms with Crippen molar-refractivity contribution in [3.05, 3.63) is 83.2 Å². The van der Waals surface area contributed by atoms with Gasteiger partial charge in [-0.15, -0.1) is 0 Å². The van der Waals surface area contributed by atoms with Gasteiger partial charge in [0.2, 0.25) is 12.7 Å². The van der Waals surface area contributed by atoms with Crippen molar-refractivity contribution in [3.8, 4) is 11.5 Å². The normalized spacial score (nSPS) is 12.8. The van der Waals surface area contributed by atoms with Gasteiger partial charge in [0.25, 0.3) is 5.91 Å². The van der Waals surface area contributed by atoms with Crippen LogP contribution in [0.3, 0.4) is 0 Å². The first-order chi connectivity index (χ1) is 18.4. The van der Waals surface area contributed by atoms with Crippen LogP contribution in [0.4, 0.5) is 0 Å². The van der Waals surface area contributed by atoms with Crippen molar-refractivity contribution in [2.45, 2.75) is 46.3 Å². The summed E-state index contributed by atoms with van der Waals surface area (Å²) in [5.74, 6) is 0.788. The maximum Gasteiger partial charge on any atom is 0.254 e. The lowest BCUT2D eigenvalue weighted by atomic mass is 10.1. The molecule has 0 N–H and O–H groups in total. The number of ether oxygens (including phenoxy) is 3. The number of benzene rings is 2. The molecule has 0 fully saturated rings. The number of fused-ring (bicyclic) bond motifs is 1. The Bertz CT molecular complexity index is 1250. The smallest absolute Gasteiger partial charge is 0.254 e. The van der Waals surface area contributed by atoms with Crippen molar-refractivity contribution in [3.63, 3.8) is 0 Å². The number of aryl methyl sites for hydroxylation is 1. The van der Waals surface area contributed by atoms with Crippen LogP contribution >= 0.6 is 0 Å². The highest BCUT2D eigenvalue weighted by molar-refractivity contribution is 5.97. The van der Waals surface area contributed by atoms with Gasteiger partial charge in [0.05, 0.1) is 13.2 Å². The Kier molecular flexibility index (Phi) is 9.07. The molecule has 1 aliphatic heterocycles. The first-order valence-electron chi connectivity index (χ1n) is 13.1. The van der Waals surface area contributed by atoms with Crippen LogP contribution in [-0.4, -0.2) is 65.8 Å². The van der Waals surface area contributed by atoms with E-state index in [0.29, 0.717) is 36.8 Å². The molecule has 8 nitrogen and oxygen atoms in total. The van der Waals surface area contributed by atoms with E-state index in [9.17, 15) is 9.59 Å². The van der Waals surface area contributed by atoms with Gasteiger partial charge in [0.1, 0.15) is 6.54 Å². The van der Waals surface area contributed by atoms with E-state index in [-0.39, 0.29) is 31.2 Å². The molecule has 202 valence electrons. The highest BCUT2D eigenvalue weighted by Gasteiger charge is 2.26. The van der Waals surface area contributed by atoms with E-state index in [4.69, 9.17) is 14.2 Å². The lowest BCUT2D eigenvalue weighted by Gasteiger charge is -2.32. The largest absolute Gasteiger partial charge is 0.454 e. The van der Waals surface area contributed by atoms with E-state index in [1.54, 1.807) is 30.2 Å². The molecule has 38 heavy (non-hydrogen) atoms. The second-order valence-corrected chi connectivity index (χ2v) is 9.62. The first kappa shape index (κ1) is 27.3. The van der Waals surface area contributed by atoms with Crippen molar-refractivity contribution in [2.24, 2.45) is 0 Å². The molecule has 3 aromatic rings. The molecular formula is C30H37N3O5.